The number of hydrogen-bond donors (Lipinski definition) is 3. The molecule has 0 saturated carbocycles. The Kier molecular flexibility index (Phi) is 8.36. The third-order valence-electron chi connectivity index (χ3n) is 3.03. The zero-order valence-corrected chi connectivity index (χ0v) is 14.4. The number of anilines is 1. The van der Waals surface area contributed by atoms with Crippen molar-refractivity contribution in [1.29, 1.82) is 5.26 Å². The average Bonchev–Trinajstić information content (AvgIpc) is 2.55. The summed E-state index contributed by atoms with van der Waals surface area (Å²) in [6, 6.07) is 8.42. The van der Waals surface area contributed by atoms with Gasteiger partial charge < -0.3 is 16.0 Å². The molecule has 0 bridgehead atoms. The van der Waals surface area contributed by atoms with E-state index in [1.54, 1.807) is 30.5 Å². The van der Waals surface area contributed by atoms with E-state index in [0.29, 0.717) is 17.8 Å². The standard InChI is InChI=1S/C16H20N4O3S/c1-11(21)20-13-6-4-12(5-7-13)15(22)19-10-14(24-2)16(23)18-9-3-8-17/h4-7,14H,3,9-10H2,1-2H3,(H,18,23)(H,19,22)(H,20,21). The highest BCUT2D eigenvalue weighted by atomic mass is 32.2. The minimum Gasteiger partial charge on any atom is -0.354 e. The predicted octanol–water partition coefficient (Wildman–Crippen LogP) is 1.14. The maximum absolute atomic E-state index is 12.1. The first-order chi connectivity index (χ1) is 11.5. The van der Waals surface area contributed by atoms with E-state index < -0.39 is 5.25 Å². The molecule has 0 radical (unpaired) electrons. The van der Waals surface area contributed by atoms with Gasteiger partial charge in [0.15, 0.2) is 0 Å². The number of thioether (sulfide) groups is 1. The normalized spacial score (nSPS) is 11.0. The highest BCUT2D eigenvalue weighted by Crippen LogP contribution is 2.10. The Morgan fingerprint density at radius 1 is 1.21 bits per heavy atom. The molecule has 1 rings (SSSR count). The topological polar surface area (TPSA) is 111 Å². The number of nitrogens with one attached hydrogen (secondary N) is 3. The molecule has 0 aliphatic heterocycles. The summed E-state index contributed by atoms with van der Waals surface area (Å²) in [5.74, 6) is -0.690. The number of benzene rings is 1. The molecule has 1 atom stereocenters. The average molecular weight is 348 g/mol. The minimum absolute atomic E-state index is 0.183. The molecule has 1 aromatic carbocycles. The van der Waals surface area contributed by atoms with Gasteiger partial charge in [0, 0.05) is 31.3 Å². The van der Waals surface area contributed by atoms with E-state index in [9.17, 15) is 14.4 Å². The van der Waals surface area contributed by atoms with Crippen molar-refractivity contribution in [3.8, 4) is 6.07 Å². The lowest BCUT2D eigenvalue weighted by Gasteiger charge is -2.15. The summed E-state index contributed by atoms with van der Waals surface area (Å²) in [7, 11) is 0. The second-order valence-corrected chi connectivity index (χ2v) is 5.93. The first-order valence-electron chi connectivity index (χ1n) is 7.31. The van der Waals surface area contributed by atoms with Gasteiger partial charge in [-0.2, -0.15) is 17.0 Å². The van der Waals surface area contributed by atoms with Crippen molar-refractivity contribution in [2.24, 2.45) is 0 Å². The molecular weight excluding hydrogens is 328 g/mol. The minimum atomic E-state index is -0.425. The Hall–Kier alpha value is -2.53. The summed E-state index contributed by atoms with van der Waals surface area (Å²) in [6.07, 6.45) is 2.03. The Labute approximate surface area is 145 Å². The molecule has 0 aromatic heterocycles. The van der Waals surface area contributed by atoms with Crippen molar-refractivity contribution in [3.05, 3.63) is 29.8 Å². The Morgan fingerprint density at radius 3 is 2.42 bits per heavy atom. The maximum Gasteiger partial charge on any atom is 0.251 e. The molecule has 3 N–H and O–H groups in total. The van der Waals surface area contributed by atoms with Crippen molar-refractivity contribution in [2.45, 2.75) is 18.6 Å². The second kappa shape index (κ2) is 10.3. The van der Waals surface area contributed by atoms with Crippen LogP contribution in [0.3, 0.4) is 0 Å². The lowest BCUT2D eigenvalue weighted by Crippen LogP contribution is -2.41. The first-order valence-corrected chi connectivity index (χ1v) is 8.60. The van der Waals surface area contributed by atoms with Gasteiger partial charge in [0.1, 0.15) is 5.25 Å². The quantitative estimate of drug-likeness (QED) is 0.610. The summed E-state index contributed by atoms with van der Waals surface area (Å²) in [4.78, 5) is 35.0. The fourth-order valence-electron chi connectivity index (χ4n) is 1.83. The van der Waals surface area contributed by atoms with Crippen LogP contribution in [-0.2, 0) is 9.59 Å². The van der Waals surface area contributed by atoms with E-state index in [1.807, 2.05) is 6.07 Å². The number of nitrogens with zero attached hydrogens (tertiary/aromatic N) is 1. The molecule has 24 heavy (non-hydrogen) atoms. The number of amides is 3. The Morgan fingerprint density at radius 2 is 1.88 bits per heavy atom. The molecule has 0 fully saturated rings. The van der Waals surface area contributed by atoms with Crippen LogP contribution in [0.1, 0.15) is 23.7 Å². The van der Waals surface area contributed by atoms with Crippen LogP contribution in [0.2, 0.25) is 0 Å². The number of carbonyl (C=O) groups is 3. The molecule has 128 valence electrons. The van der Waals surface area contributed by atoms with Gasteiger partial charge in [-0.05, 0) is 30.5 Å². The van der Waals surface area contributed by atoms with Crippen LogP contribution in [0.5, 0.6) is 0 Å². The molecule has 0 aliphatic rings. The molecule has 8 heteroatoms. The molecule has 0 saturated heterocycles. The highest BCUT2D eigenvalue weighted by Gasteiger charge is 2.18. The zero-order valence-electron chi connectivity index (χ0n) is 13.6. The molecule has 7 nitrogen and oxygen atoms in total. The van der Waals surface area contributed by atoms with E-state index in [-0.39, 0.29) is 30.7 Å². The molecule has 0 heterocycles. The summed E-state index contributed by atoms with van der Waals surface area (Å²) in [6.45, 7) is 1.89. The van der Waals surface area contributed by atoms with Gasteiger partial charge in [0.05, 0.1) is 12.5 Å². The number of nitriles is 1. The van der Waals surface area contributed by atoms with Crippen molar-refractivity contribution in [1.82, 2.24) is 10.6 Å². The van der Waals surface area contributed by atoms with Crippen molar-refractivity contribution < 1.29 is 14.4 Å². The van der Waals surface area contributed by atoms with E-state index >= 15 is 0 Å². The summed E-state index contributed by atoms with van der Waals surface area (Å²) >= 11 is 1.33. The molecule has 0 aliphatic carbocycles. The van der Waals surface area contributed by atoms with Crippen LogP contribution in [0, 0.1) is 11.3 Å². The van der Waals surface area contributed by atoms with Gasteiger partial charge in [-0.15, -0.1) is 0 Å². The van der Waals surface area contributed by atoms with E-state index in [4.69, 9.17) is 5.26 Å². The Balaban J connectivity index is 2.52. The highest BCUT2D eigenvalue weighted by molar-refractivity contribution is 7.99. The lowest BCUT2D eigenvalue weighted by atomic mass is 10.2. The van der Waals surface area contributed by atoms with Crippen LogP contribution in [0.15, 0.2) is 24.3 Å². The van der Waals surface area contributed by atoms with Crippen LogP contribution in [0.25, 0.3) is 0 Å². The Bertz CT molecular complexity index is 625. The lowest BCUT2D eigenvalue weighted by molar-refractivity contribution is -0.120. The van der Waals surface area contributed by atoms with Gasteiger partial charge in [0.2, 0.25) is 11.8 Å². The van der Waals surface area contributed by atoms with Crippen LogP contribution < -0.4 is 16.0 Å². The van der Waals surface area contributed by atoms with Gasteiger partial charge in [-0.3, -0.25) is 14.4 Å². The van der Waals surface area contributed by atoms with Crippen molar-refractivity contribution >= 4 is 35.2 Å². The number of hydrogen-bond acceptors (Lipinski definition) is 5. The first kappa shape index (κ1) is 19.5. The van der Waals surface area contributed by atoms with Gasteiger partial charge in [-0.1, -0.05) is 0 Å². The molecule has 3 amide bonds. The molecule has 1 unspecified atom stereocenters. The maximum atomic E-state index is 12.1. The summed E-state index contributed by atoms with van der Waals surface area (Å²) in [5, 5.41) is 16.0. The van der Waals surface area contributed by atoms with Crippen molar-refractivity contribution in [2.75, 3.05) is 24.7 Å². The van der Waals surface area contributed by atoms with Crippen LogP contribution in [-0.4, -0.2) is 42.3 Å². The monoisotopic (exact) mass is 348 g/mol. The van der Waals surface area contributed by atoms with E-state index in [1.165, 1.54) is 18.7 Å². The third kappa shape index (κ3) is 6.71. The summed E-state index contributed by atoms with van der Waals surface area (Å²) < 4.78 is 0. The molecule has 1 aromatic rings. The fourth-order valence-corrected chi connectivity index (χ4v) is 2.38. The zero-order chi connectivity index (χ0) is 17.9. The largest absolute Gasteiger partial charge is 0.354 e. The molecule has 0 spiro atoms. The molecular formula is C16H20N4O3S. The van der Waals surface area contributed by atoms with Gasteiger partial charge in [0.25, 0.3) is 5.91 Å². The SMILES string of the molecule is CSC(CNC(=O)c1ccc(NC(C)=O)cc1)C(=O)NCCC#N. The number of rotatable bonds is 8. The number of carbonyl (C=O) groups excluding carboxylic acids is 3. The predicted molar refractivity (Wildman–Crippen MR) is 93.6 cm³/mol. The van der Waals surface area contributed by atoms with Gasteiger partial charge >= 0.3 is 0 Å². The van der Waals surface area contributed by atoms with Crippen LogP contribution >= 0.6 is 11.8 Å². The second-order valence-electron chi connectivity index (χ2n) is 4.89. The van der Waals surface area contributed by atoms with Crippen LogP contribution in [0.4, 0.5) is 5.69 Å². The third-order valence-corrected chi connectivity index (χ3v) is 3.98. The van der Waals surface area contributed by atoms with Gasteiger partial charge in [-0.25, -0.2) is 0 Å². The fraction of sp³-hybridized carbons (Fsp3) is 0.375. The summed E-state index contributed by atoms with van der Waals surface area (Å²) in [5.41, 5.74) is 1.05. The van der Waals surface area contributed by atoms with E-state index in [2.05, 4.69) is 16.0 Å². The van der Waals surface area contributed by atoms with Crippen molar-refractivity contribution in [3.63, 3.8) is 0 Å². The van der Waals surface area contributed by atoms with E-state index in [0.717, 1.165) is 0 Å². The smallest absolute Gasteiger partial charge is 0.251 e.